The van der Waals surface area contributed by atoms with Crippen LogP contribution in [-0.4, -0.2) is 36.2 Å². The molecule has 0 unspecified atom stereocenters. The van der Waals surface area contributed by atoms with E-state index in [0.717, 1.165) is 12.8 Å². The van der Waals surface area contributed by atoms with Crippen LogP contribution in [0.1, 0.15) is 28.9 Å². The van der Waals surface area contributed by atoms with Gasteiger partial charge in [0.25, 0.3) is 5.91 Å². The Morgan fingerprint density at radius 3 is 2.62 bits per heavy atom. The number of nitrogens with zero attached hydrogens (tertiary/aromatic N) is 1. The van der Waals surface area contributed by atoms with E-state index in [1.165, 1.54) is 11.3 Å². The molecular weight excluding hydrogens is 354 g/mol. The van der Waals surface area contributed by atoms with Gasteiger partial charge >= 0.3 is 0 Å². The van der Waals surface area contributed by atoms with Gasteiger partial charge in [-0.15, -0.1) is 11.3 Å². The minimum absolute atomic E-state index is 0.0729. The Balaban J connectivity index is 1.52. The fourth-order valence-corrected chi connectivity index (χ4v) is 2.95. The molecule has 0 atom stereocenters. The standard InChI is InChI=1S/C18H19N3O4S/c1-19-16(23)8-13-10-26-18(20-13)21-17(24)12-4-6-14(7-5-12)25-9-15(22)11-2-3-11/h4-7,10-11H,2-3,8-9H2,1H3,(H,19,23)(H,20,21,24). The zero-order chi connectivity index (χ0) is 18.5. The molecule has 26 heavy (non-hydrogen) atoms. The topological polar surface area (TPSA) is 97.4 Å². The zero-order valence-electron chi connectivity index (χ0n) is 14.3. The number of thiazole rings is 1. The van der Waals surface area contributed by atoms with Crippen LogP contribution in [0.3, 0.4) is 0 Å². The van der Waals surface area contributed by atoms with Crippen molar-refractivity contribution in [3.8, 4) is 5.75 Å². The molecule has 0 bridgehead atoms. The molecule has 2 N–H and O–H groups in total. The van der Waals surface area contributed by atoms with Gasteiger partial charge in [0.2, 0.25) is 5.91 Å². The molecular formula is C18H19N3O4S. The smallest absolute Gasteiger partial charge is 0.257 e. The molecule has 0 saturated heterocycles. The molecule has 1 aliphatic carbocycles. The summed E-state index contributed by atoms with van der Waals surface area (Å²) in [6.45, 7) is 0.0729. The molecule has 0 radical (unpaired) electrons. The summed E-state index contributed by atoms with van der Waals surface area (Å²) < 4.78 is 5.44. The first-order chi connectivity index (χ1) is 12.5. The van der Waals surface area contributed by atoms with Crippen molar-refractivity contribution in [2.75, 3.05) is 19.0 Å². The lowest BCUT2D eigenvalue weighted by molar-refractivity contribution is -0.122. The van der Waals surface area contributed by atoms with Crippen LogP contribution in [-0.2, 0) is 16.0 Å². The number of ether oxygens (including phenoxy) is 1. The van der Waals surface area contributed by atoms with Crippen molar-refractivity contribution >= 4 is 34.1 Å². The third-order valence-electron chi connectivity index (χ3n) is 3.92. The number of benzene rings is 1. The van der Waals surface area contributed by atoms with Gasteiger partial charge in [-0.2, -0.15) is 0 Å². The van der Waals surface area contributed by atoms with Crippen molar-refractivity contribution < 1.29 is 19.1 Å². The number of nitrogens with one attached hydrogen (secondary N) is 2. The number of Topliss-reactive ketones (excluding diaryl/α,β-unsaturated/α-hetero) is 1. The minimum Gasteiger partial charge on any atom is -0.486 e. The summed E-state index contributed by atoms with van der Waals surface area (Å²) in [4.78, 5) is 39.4. The second-order valence-electron chi connectivity index (χ2n) is 6.00. The maximum atomic E-state index is 12.3. The van der Waals surface area contributed by atoms with Crippen molar-refractivity contribution in [3.63, 3.8) is 0 Å². The zero-order valence-corrected chi connectivity index (χ0v) is 15.1. The first-order valence-electron chi connectivity index (χ1n) is 8.27. The van der Waals surface area contributed by atoms with Gasteiger partial charge in [-0.05, 0) is 37.1 Å². The summed E-state index contributed by atoms with van der Waals surface area (Å²) >= 11 is 1.26. The fraction of sp³-hybridized carbons (Fsp3) is 0.333. The van der Waals surface area contributed by atoms with Crippen molar-refractivity contribution in [1.29, 1.82) is 0 Å². The Morgan fingerprint density at radius 1 is 1.23 bits per heavy atom. The molecule has 0 spiro atoms. The highest BCUT2D eigenvalue weighted by Gasteiger charge is 2.29. The molecule has 1 aromatic carbocycles. The Morgan fingerprint density at radius 2 is 1.96 bits per heavy atom. The van der Waals surface area contributed by atoms with E-state index in [4.69, 9.17) is 4.74 Å². The first kappa shape index (κ1) is 18.1. The maximum absolute atomic E-state index is 12.3. The van der Waals surface area contributed by atoms with Crippen LogP contribution in [0.2, 0.25) is 0 Å². The van der Waals surface area contributed by atoms with Gasteiger partial charge < -0.3 is 10.1 Å². The van der Waals surface area contributed by atoms with E-state index >= 15 is 0 Å². The van der Waals surface area contributed by atoms with Crippen LogP contribution in [0.5, 0.6) is 5.75 Å². The third kappa shape index (κ3) is 4.89. The number of anilines is 1. The quantitative estimate of drug-likeness (QED) is 0.738. The van der Waals surface area contributed by atoms with E-state index in [2.05, 4.69) is 15.6 Å². The van der Waals surface area contributed by atoms with Crippen molar-refractivity contribution in [1.82, 2.24) is 10.3 Å². The van der Waals surface area contributed by atoms with Crippen LogP contribution >= 0.6 is 11.3 Å². The molecule has 8 heteroatoms. The third-order valence-corrected chi connectivity index (χ3v) is 4.73. The highest BCUT2D eigenvalue weighted by Crippen LogP contribution is 2.30. The molecule has 1 aromatic heterocycles. The summed E-state index contributed by atoms with van der Waals surface area (Å²) in [5.41, 5.74) is 1.06. The van der Waals surface area contributed by atoms with E-state index in [1.54, 1.807) is 36.7 Å². The number of aromatic nitrogens is 1. The molecule has 0 aliphatic heterocycles. The number of carbonyl (C=O) groups excluding carboxylic acids is 3. The van der Waals surface area contributed by atoms with Gasteiger partial charge in [0.15, 0.2) is 10.9 Å². The van der Waals surface area contributed by atoms with Crippen LogP contribution in [0.15, 0.2) is 29.6 Å². The van der Waals surface area contributed by atoms with Gasteiger partial charge in [-0.25, -0.2) is 4.98 Å². The van der Waals surface area contributed by atoms with E-state index in [9.17, 15) is 14.4 Å². The summed E-state index contributed by atoms with van der Waals surface area (Å²) in [5, 5.41) is 7.40. The monoisotopic (exact) mass is 373 g/mol. The van der Waals surface area contributed by atoms with Gasteiger partial charge in [-0.1, -0.05) is 0 Å². The Kier molecular flexibility index (Phi) is 5.62. The van der Waals surface area contributed by atoms with Gasteiger partial charge in [0.1, 0.15) is 12.4 Å². The minimum atomic E-state index is -0.300. The molecule has 1 fully saturated rings. The normalized spacial score (nSPS) is 13.1. The predicted octanol–water partition coefficient (Wildman–Crippen LogP) is 2.04. The van der Waals surface area contributed by atoms with E-state index in [0.29, 0.717) is 22.1 Å². The predicted molar refractivity (Wildman–Crippen MR) is 97.5 cm³/mol. The average Bonchev–Trinajstić information content (AvgIpc) is 3.42. The molecule has 1 saturated carbocycles. The summed E-state index contributed by atoms with van der Waals surface area (Å²) in [7, 11) is 1.56. The van der Waals surface area contributed by atoms with E-state index in [-0.39, 0.29) is 36.5 Å². The fourth-order valence-electron chi connectivity index (χ4n) is 2.25. The van der Waals surface area contributed by atoms with Crippen LogP contribution < -0.4 is 15.4 Å². The Labute approximate surface area is 154 Å². The molecule has 2 amide bonds. The molecule has 7 nitrogen and oxygen atoms in total. The highest BCUT2D eigenvalue weighted by atomic mass is 32.1. The lowest BCUT2D eigenvalue weighted by atomic mass is 10.2. The number of likely N-dealkylation sites (N-methyl/N-ethyl adjacent to an activating group) is 1. The number of carbonyl (C=O) groups is 3. The van der Waals surface area contributed by atoms with Crippen LogP contribution in [0, 0.1) is 5.92 Å². The number of rotatable bonds is 8. The van der Waals surface area contributed by atoms with Crippen molar-refractivity contribution in [2.45, 2.75) is 19.3 Å². The van der Waals surface area contributed by atoms with Gasteiger partial charge in [0.05, 0.1) is 12.1 Å². The Bertz CT molecular complexity index is 812. The second-order valence-corrected chi connectivity index (χ2v) is 6.86. The molecule has 1 aliphatic rings. The summed E-state index contributed by atoms with van der Waals surface area (Å²) in [5.74, 6) is 0.419. The lowest BCUT2D eigenvalue weighted by Gasteiger charge is -2.06. The molecule has 136 valence electrons. The molecule has 2 aromatic rings. The van der Waals surface area contributed by atoms with E-state index < -0.39 is 0 Å². The van der Waals surface area contributed by atoms with E-state index in [1.807, 2.05) is 0 Å². The van der Waals surface area contributed by atoms with Crippen molar-refractivity contribution in [2.24, 2.45) is 5.92 Å². The molecule has 3 rings (SSSR count). The largest absolute Gasteiger partial charge is 0.486 e. The number of hydrogen-bond acceptors (Lipinski definition) is 6. The second kappa shape index (κ2) is 8.09. The van der Waals surface area contributed by atoms with Gasteiger partial charge in [-0.3, -0.25) is 19.7 Å². The van der Waals surface area contributed by atoms with Crippen LogP contribution in [0.25, 0.3) is 0 Å². The maximum Gasteiger partial charge on any atom is 0.257 e. The van der Waals surface area contributed by atoms with Gasteiger partial charge in [0, 0.05) is 23.9 Å². The number of ketones is 1. The summed E-state index contributed by atoms with van der Waals surface area (Å²) in [6, 6.07) is 6.58. The van der Waals surface area contributed by atoms with Crippen LogP contribution in [0.4, 0.5) is 5.13 Å². The SMILES string of the molecule is CNC(=O)Cc1csc(NC(=O)c2ccc(OCC(=O)C3CC3)cc2)n1. The Hall–Kier alpha value is -2.74. The highest BCUT2D eigenvalue weighted by molar-refractivity contribution is 7.14. The number of hydrogen-bond donors (Lipinski definition) is 2. The first-order valence-corrected chi connectivity index (χ1v) is 9.15. The number of amides is 2. The average molecular weight is 373 g/mol. The lowest BCUT2D eigenvalue weighted by Crippen LogP contribution is -2.20. The molecule has 1 heterocycles. The summed E-state index contributed by atoms with van der Waals surface area (Å²) in [6.07, 6.45) is 2.10. The van der Waals surface area contributed by atoms with Crippen molar-refractivity contribution in [3.05, 3.63) is 40.9 Å².